The number of hydrogen-bond acceptors (Lipinski definition) is 3. The average Bonchev–Trinajstić information content (AvgIpc) is 2.87. The molecule has 1 radical (unpaired) electrons. The lowest BCUT2D eigenvalue weighted by Gasteiger charge is -1.96. The zero-order chi connectivity index (χ0) is 14.8. The summed E-state index contributed by atoms with van der Waals surface area (Å²) in [7, 11) is 0. The second kappa shape index (κ2) is 5.16. The summed E-state index contributed by atoms with van der Waals surface area (Å²) in [5.74, 6) is -0.595. The van der Waals surface area contributed by atoms with Crippen LogP contribution >= 0.6 is 0 Å². The van der Waals surface area contributed by atoms with Gasteiger partial charge in [-0.15, -0.1) is 0 Å². The Kier molecular flexibility index (Phi) is 3.19. The molecule has 1 amide bonds. The third-order valence-corrected chi connectivity index (χ3v) is 2.96. The Balaban J connectivity index is 2.13. The summed E-state index contributed by atoms with van der Waals surface area (Å²) in [5.41, 5.74) is 6.62. The minimum absolute atomic E-state index is 0.0515. The van der Waals surface area contributed by atoms with Gasteiger partial charge in [0.2, 0.25) is 0 Å². The number of aromatic nitrogens is 3. The number of halogens is 1. The van der Waals surface area contributed by atoms with E-state index in [-0.39, 0.29) is 5.52 Å². The molecule has 3 rings (SSSR count). The van der Waals surface area contributed by atoms with E-state index in [1.54, 1.807) is 30.6 Å². The quantitative estimate of drug-likeness (QED) is 0.784. The van der Waals surface area contributed by atoms with Crippen LogP contribution in [0, 0.1) is 11.9 Å². The summed E-state index contributed by atoms with van der Waals surface area (Å²) in [6.45, 7) is 0. The molecule has 5 nitrogen and oxygen atoms in total. The van der Waals surface area contributed by atoms with Crippen molar-refractivity contribution in [1.82, 2.24) is 14.8 Å². The highest BCUT2D eigenvalue weighted by molar-refractivity contribution is 5.95. The zero-order valence-corrected chi connectivity index (χ0v) is 10.8. The lowest BCUT2D eigenvalue weighted by molar-refractivity contribution is 0.248. The van der Waals surface area contributed by atoms with Crippen LogP contribution in [-0.4, -0.2) is 20.8 Å². The molecule has 6 heteroatoms. The number of benzene rings is 1. The fourth-order valence-corrected chi connectivity index (χ4v) is 2.02. The lowest BCUT2D eigenvalue weighted by Crippen LogP contribution is -2.21. The Labute approximate surface area is 119 Å². The first-order valence-electron chi connectivity index (χ1n) is 6.13. The molecule has 2 aromatic heterocycles. The zero-order valence-electron chi connectivity index (χ0n) is 10.8. The molecule has 0 bridgehead atoms. The summed E-state index contributed by atoms with van der Waals surface area (Å²) in [6, 6.07) is 8.17. The summed E-state index contributed by atoms with van der Waals surface area (Å²) >= 11 is 0. The number of amides is 1. The average molecular weight is 281 g/mol. The Morgan fingerprint density at radius 1 is 1.29 bits per heavy atom. The molecule has 0 aliphatic heterocycles. The topological polar surface area (TPSA) is 73.8 Å². The van der Waals surface area contributed by atoms with Crippen molar-refractivity contribution in [2.75, 3.05) is 0 Å². The maximum absolute atomic E-state index is 13.9. The van der Waals surface area contributed by atoms with Crippen LogP contribution in [0.2, 0.25) is 0 Å². The van der Waals surface area contributed by atoms with Crippen molar-refractivity contribution in [3.05, 3.63) is 59.8 Å². The van der Waals surface area contributed by atoms with Gasteiger partial charge in [0.05, 0.1) is 5.69 Å². The van der Waals surface area contributed by atoms with Crippen molar-refractivity contribution in [2.45, 2.75) is 0 Å². The molecule has 1 aromatic carbocycles. The molecule has 0 unspecified atom stereocenters. The molecule has 0 aliphatic rings. The van der Waals surface area contributed by atoms with E-state index in [0.717, 1.165) is 16.3 Å². The maximum Gasteiger partial charge on any atom is 0.340 e. The van der Waals surface area contributed by atoms with Gasteiger partial charge >= 0.3 is 6.03 Å². The Hall–Kier alpha value is -3.02. The second-order valence-corrected chi connectivity index (χ2v) is 4.31. The van der Waals surface area contributed by atoms with Crippen LogP contribution in [0.4, 0.5) is 9.18 Å². The highest BCUT2D eigenvalue weighted by Crippen LogP contribution is 2.22. The molecule has 2 heterocycles. The number of hydrogen-bond donors (Lipinski definition) is 1. The molecular weight excluding hydrogens is 271 g/mol. The van der Waals surface area contributed by atoms with E-state index < -0.39 is 11.8 Å². The number of nitrogens with zero attached hydrogens (tertiary/aromatic N) is 3. The van der Waals surface area contributed by atoms with E-state index in [1.165, 1.54) is 0 Å². The van der Waals surface area contributed by atoms with Gasteiger partial charge < -0.3 is 5.73 Å². The molecule has 0 fully saturated rings. The molecule has 103 valence electrons. The minimum atomic E-state index is -0.839. The van der Waals surface area contributed by atoms with Crippen molar-refractivity contribution in [3.8, 4) is 0 Å². The van der Waals surface area contributed by atoms with Gasteiger partial charge in [-0.1, -0.05) is 6.08 Å². The SMILES string of the molecule is NC(=O)n1nc(C=Cc2ccncc2)c2c[c]cc(F)c21. The predicted molar refractivity (Wildman–Crippen MR) is 76.7 cm³/mol. The highest BCUT2D eigenvalue weighted by atomic mass is 19.1. The molecule has 3 aromatic rings. The van der Waals surface area contributed by atoms with Crippen LogP contribution in [0.1, 0.15) is 11.3 Å². The molecule has 0 saturated heterocycles. The summed E-state index contributed by atoms with van der Waals surface area (Å²) < 4.78 is 14.7. The Bertz CT molecular complexity index is 840. The maximum atomic E-state index is 13.9. The van der Waals surface area contributed by atoms with Crippen molar-refractivity contribution in [2.24, 2.45) is 5.73 Å². The van der Waals surface area contributed by atoms with Crippen molar-refractivity contribution < 1.29 is 9.18 Å². The van der Waals surface area contributed by atoms with Crippen LogP contribution in [-0.2, 0) is 0 Å². The van der Waals surface area contributed by atoms with Gasteiger partial charge in [-0.2, -0.15) is 9.78 Å². The summed E-state index contributed by atoms with van der Waals surface area (Å²) in [6.07, 6.45) is 6.80. The number of carbonyl (C=O) groups excluding carboxylic acids is 1. The standard InChI is InChI=1S/C15H10FN4O/c16-12-3-1-2-11-13(19-20(14(11)12)15(17)21)5-4-10-6-8-18-9-7-10/h2-9H,(H2,17,21). The molecular formula is C15H10FN4O. The number of carbonyl (C=O) groups is 1. The Morgan fingerprint density at radius 3 is 2.76 bits per heavy atom. The Morgan fingerprint density at radius 2 is 2.05 bits per heavy atom. The van der Waals surface area contributed by atoms with Crippen LogP contribution in [0.25, 0.3) is 23.1 Å². The molecule has 0 atom stereocenters. The molecule has 0 aliphatic carbocycles. The predicted octanol–water partition coefficient (Wildman–Crippen LogP) is 2.47. The van der Waals surface area contributed by atoms with Gasteiger partial charge in [-0.05, 0) is 42.0 Å². The summed E-state index contributed by atoms with van der Waals surface area (Å²) in [4.78, 5) is 15.3. The largest absolute Gasteiger partial charge is 0.350 e. The van der Waals surface area contributed by atoms with Crippen molar-refractivity contribution in [1.29, 1.82) is 0 Å². The van der Waals surface area contributed by atoms with Gasteiger partial charge in [0.15, 0.2) is 0 Å². The molecule has 0 spiro atoms. The molecule has 21 heavy (non-hydrogen) atoms. The van der Waals surface area contributed by atoms with Gasteiger partial charge in [0, 0.05) is 17.8 Å². The van der Waals surface area contributed by atoms with Crippen LogP contribution in [0.15, 0.2) is 36.7 Å². The van der Waals surface area contributed by atoms with Crippen LogP contribution in [0.3, 0.4) is 0 Å². The number of primary amides is 1. The van der Waals surface area contributed by atoms with E-state index in [0.29, 0.717) is 11.1 Å². The summed E-state index contributed by atoms with van der Waals surface area (Å²) in [5, 5.41) is 4.52. The van der Waals surface area contributed by atoms with E-state index in [9.17, 15) is 9.18 Å². The third kappa shape index (κ3) is 2.38. The third-order valence-electron chi connectivity index (χ3n) is 2.96. The first kappa shape index (κ1) is 13.0. The van der Waals surface area contributed by atoms with Gasteiger partial charge in [-0.25, -0.2) is 9.18 Å². The van der Waals surface area contributed by atoms with Crippen LogP contribution in [0.5, 0.6) is 0 Å². The first-order valence-corrected chi connectivity index (χ1v) is 6.13. The fraction of sp³-hybridized carbons (Fsp3) is 0. The minimum Gasteiger partial charge on any atom is -0.350 e. The highest BCUT2D eigenvalue weighted by Gasteiger charge is 2.15. The lowest BCUT2D eigenvalue weighted by atomic mass is 10.1. The van der Waals surface area contributed by atoms with E-state index in [2.05, 4.69) is 16.1 Å². The second-order valence-electron chi connectivity index (χ2n) is 4.31. The monoisotopic (exact) mass is 281 g/mol. The number of nitrogens with two attached hydrogens (primary N) is 1. The molecule has 0 saturated carbocycles. The normalized spacial score (nSPS) is 11.3. The van der Waals surface area contributed by atoms with Crippen molar-refractivity contribution in [3.63, 3.8) is 0 Å². The number of pyridine rings is 1. The van der Waals surface area contributed by atoms with E-state index >= 15 is 0 Å². The van der Waals surface area contributed by atoms with E-state index in [4.69, 9.17) is 5.73 Å². The van der Waals surface area contributed by atoms with E-state index in [1.807, 2.05) is 12.1 Å². The fourth-order valence-electron chi connectivity index (χ4n) is 2.02. The van der Waals surface area contributed by atoms with Crippen molar-refractivity contribution >= 4 is 29.1 Å². The smallest absolute Gasteiger partial charge is 0.340 e. The van der Waals surface area contributed by atoms with Gasteiger partial charge in [0.25, 0.3) is 0 Å². The number of rotatable bonds is 2. The first-order chi connectivity index (χ1) is 10.2. The van der Waals surface area contributed by atoms with Gasteiger partial charge in [0.1, 0.15) is 11.3 Å². The van der Waals surface area contributed by atoms with Crippen LogP contribution < -0.4 is 5.73 Å². The number of fused-ring (bicyclic) bond motifs is 1. The molecule has 2 N–H and O–H groups in total. The van der Waals surface area contributed by atoms with Gasteiger partial charge in [-0.3, -0.25) is 4.98 Å².